The van der Waals surface area contributed by atoms with Crippen LogP contribution in [0.2, 0.25) is 0 Å². The molecule has 0 aromatic rings. The van der Waals surface area contributed by atoms with Crippen LogP contribution in [0.1, 0.15) is 41.0 Å². The summed E-state index contributed by atoms with van der Waals surface area (Å²) in [4.78, 5) is 33.8. The number of nitrogens with one attached hydrogen (secondary N) is 2. The van der Waals surface area contributed by atoms with Crippen LogP contribution >= 0.6 is 0 Å². The molecule has 0 saturated carbocycles. The number of hydrogen-bond donors (Lipinski definition) is 3. The van der Waals surface area contributed by atoms with Gasteiger partial charge < -0.3 is 20.5 Å². The van der Waals surface area contributed by atoms with E-state index in [1.54, 1.807) is 34.6 Å². The van der Waals surface area contributed by atoms with Gasteiger partial charge in [-0.05, 0) is 26.7 Å². The van der Waals surface area contributed by atoms with Crippen molar-refractivity contribution in [1.82, 2.24) is 10.6 Å². The smallest absolute Gasteiger partial charge is 0.407 e. The van der Waals surface area contributed by atoms with E-state index in [2.05, 4.69) is 10.6 Å². The molecule has 0 aromatic carbocycles. The van der Waals surface area contributed by atoms with Gasteiger partial charge in [-0.15, -0.1) is 0 Å². The highest BCUT2D eigenvalue weighted by Crippen LogP contribution is 2.06. The Hall–Kier alpha value is -1.79. The third kappa shape index (κ3) is 8.34. The van der Waals surface area contributed by atoms with E-state index in [9.17, 15) is 14.4 Å². The number of hydrogen-bond acceptors (Lipinski definition) is 4. The molecule has 0 radical (unpaired) electrons. The van der Waals surface area contributed by atoms with Gasteiger partial charge in [0.2, 0.25) is 5.91 Å². The first kappa shape index (κ1) is 18.2. The van der Waals surface area contributed by atoms with E-state index in [0.29, 0.717) is 0 Å². The lowest BCUT2D eigenvalue weighted by atomic mass is 10.0. The van der Waals surface area contributed by atoms with E-state index in [0.717, 1.165) is 0 Å². The van der Waals surface area contributed by atoms with Gasteiger partial charge in [0.1, 0.15) is 11.6 Å². The summed E-state index contributed by atoms with van der Waals surface area (Å²) in [5.74, 6) is -1.72. The van der Waals surface area contributed by atoms with E-state index >= 15 is 0 Å². The first-order valence-electron chi connectivity index (χ1n) is 6.52. The minimum atomic E-state index is -1.08. The molecule has 7 nitrogen and oxygen atoms in total. The second-order valence-corrected chi connectivity index (χ2v) is 5.81. The fourth-order valence-corrected chi connectivity index (χ4v) is 1.35. The molecule has 0 aliphatic carbocycles. The highest BCUT2D eigenvalue weighted by Gasteiger charge is 2.23. The minimum Gasteiger partial charge on any atom is -0.480 e. The average molecular weight is 288 g/mol. The van der Waals surface area contributed by atoms with Gasteiger partial charge in [-0.1, -0.05) is 13.8 Å². The van der Waals surface area contributed by atoms with Crippen LogP contribution < -0.4 is 10.6 Å². The third-order valence-electron chi connectivity index (χ3n) is 2.27. The van der Waals surface area contributed by atoms with Gasteiger partial charge >= 0.3 is 12.1 Å². The van der Waals surface area contributed by atoms with Crippen molar-refractivity contribution >= 4 is 18.0 Å². The monoisotopic (exact) mass is 288 g/mol. The quantitative estimate of drug-likeness (QED) is 0.679. The number of carboxylic acid groups (broad SMARTS) is 1. The maximum Gasteiger partial charge on any atom is 0.407 e. The number of amides is 2. The Morgan fingerprint density at radius 2 is 1.75 bits per heavy atom. The van der Waals surface area contributed by atoms with Gasteiger partial charge in [0.25, 0.3) is 0 Å². The topological polar surface area (TPSA) is 105 Å². The molecule has 0 aliphatic heterocycles. The number of alkyl carbamates (subject to hydrolysis) is 1. The van der Waals surface area contributed by atoms with E-state index in [4.69, 9.17) is 9.84 Å². The molecule has 0 bridgehead atoms. The van der Waals surface area contributed by atoms with Crippen molar-refractivity contribution in [3.8, 4) is 0 Å². The van der Waals surface area contributed by atoms with Crippen LogP contribution in [0, 0.1) is 5.92 Å². The van der Waals surface area contributed by atoms with Crippen LogP contribution in [0.3, 0.4) is 0 Å². The first-order valence-corrected chi connectivity index (χ1v) is 6.52. The van der Waals surface area contributed by atoms with E-state index < -0.39 is 29.6 Å². The molecule has 2 amide bonds. The Morgan fingerprint density at radius 1 is 1.20 bits per heavy atom. The van der Waals surface area contributed by atoms with Crippen molar-refractivity contribution in [3.63, 3.8) is 0 Å². The molecule has 0 fully saturated rings. The van der Waals surface area contributed by atoms with Crippen molar-refractivity contribution in [3.05, 3.63) is 0 Å². The molecule has 1 atom stereocenters. The Morgan fingerprint density at radius 3 is 2.15 bits per heavy atom. The number of carbonyl (C=O) groups is 3. The van der Waals surface area contributed by atoms with Crippen LogP contribution in [-0.2, 0) is 14.3 Å². The normalized spacial score (nSPS) is 12.7. The SMILES string of the molecule is CC(C)[C@H](NC(=O)CCNC(=O)OC(C)(C)C)C(=O)O. The van der Waals surface area contributed by atoms with Crippen molar-refractivity contribution < 1.29 is 24.2 Å². The second kappa shape index (κ2) is 7.72. The Kier molecular flexibility index (Phi) is 7.02. The number of rotatable bonds is 6. The Bertz CT molecular complexity index is 360. The lowest BCUT2D eigenvalue weighted by molar-refractivity contribution is -0.143. The van der Waals surface area contributed by atoms with Crippen molar-refractivity contribution in [2.45, 2.75) is 52.7 Å². The van der Waals surface area contributed by atoms with Crippen molar-refractivity contribution in [2.24, 2.45) is 5.92 Å². The van der Waals surface area contributed by atoms with Gasteiger partial charge in [0, 0.05) is 13.0 Å². The summed E-state index contributed by atoms with van der Waals surface area (Å²) in [6.45, 7) is 8.71. The summed E-state index contributed by atoms with van der Waals surface area (Å²) in [5, 5.41) is 13.8. The summed E-state index contributed by atoms with van der Waals surface area (Å²) >= 11 is 0. The summed E-state index contributed by atoms with van der Waals surface area (Å²) in [7, 11) is 0. The number of carbonyl (C=O) groups excluding carboxylic acids is 2. The number of ether oxygens (including phenoxy) is 1. The van der Waals surface area contributed by atoms with Crippen LogP contribution in [0.5, 0.6) is 0 Å². The Labute approximate surface area is 119 Å². The number of aliphatic carboxylic acids is 1. The van der Waals surface area contributed by atoms with Gasteiger partial charge in [-0.3, -0.25) is 4.79 Å². The molecular formula is C13H24N2O5. The standard InChI is InChI=1S/C13H24N2O5/c1-8(2)10(11(17)18)15-9(16)6-7-14-12(19)20-13(3,4)5/h8,10H,6-7H2,1-5H3,(H,14,19)(H,15,16)(H,17,18)/t10-/m0/s1. The van der Waals surface area contributed by atoms with Crippen molar-refractivity contribution in [1.29, 1.82) is 0 Å². The van der Waals surface area contributed by atoms with Gasteiger partial charge in [-0.25, -0.2) is 9.59 Å². The predicted octanol–water partition coefficient (Wildman–Crippen LogP) is 1.13. The maximum atomic E-state index is 11.6. The molecule has 0 heterocycles. The lowest BCUT2D eigenvalue weighted by Crippen LogP contribution is -2.45. The van der Waals surface area contributed by atoms with Gasteiger partial charge in [0.15, 0.2) is 0 Å². The molecule has 116 valence electrons. The molecule has 3 N–H and O–H groups in total. The fourth-order valence-electron chi connectivity index (χ4n) is 1.35. The molecule has 0 spiro atoms. The first-order chi connectivity index (χ1) is 9.03. The average Bonchev–Trinajstić information content (AvgIpc) is 2.22. The molecule has 0 rings (SSSR count). The van der Waals surface area contributed by atoms with E-state index in [1.807, 2.05) is 0 Å². The zero-order chi connectivity index (χ0) is 15.9. The summed E-state index contributed by atoms with van der Waals surface area (Å²) in [6.07, 6.45) is -0.612. The highest BCUT2D eigenvalue weighted by molar-refractivity contribution is 5.84. The maximum absolute atomic E-state index is 11.6. The fraction of sp³-hybridized carbons (Fsp3) is 0.769. The molecule has 0 unspecified atom stereocenters. The molecule has 0 aliphatic rings. The van der Waals surface area contributed by atoms with E-state index in [-0.39, 0.29) is 18.9 Å². The summed E-state index contributed by atoms with van der Waals surface area (Å²) in [6, 6.07) is -0.927. The zero-order valence-corrected chi connectivity index (χ0v) is 12.6. The van der Waals surface area contributed by atoms with Crippen LogP contribution in [-0.4, -0.2) is 41.3 Å². The molecule has 7 heteroatoms. The van der Waals surface area contributed by atoms with Crippen LogP contribution in [0.15, 0.2) is 0 Å². The predicted molar refractivity (Wildman–Crippen MR) is 73.3 cm³/mol. The van der Waals surface area contributed by atoms with Crippen molar-refractivity contribution in [2.75, 3.05) is 6.54 Å². The highest BCUT2D eigenvalue weighted by atomic mass is 16.6. The lowest BCUT2D eigenvalue weighted by Gasteiger charge is -2.20. The van der Waals surface area contributed by atoms with Crippen LogP contribution in [0.4, 0.5) is 4.79 Å². The largest absolute Gasteiger partial charge is 0.480 e. The van der Waals surface area contributed by atoms with Gasteiger partial charge in [-0.2, -0.15) is 0 Å². The molecule has 0 saturated heterocycles. The summed E-state index contributed by atoms with van der Waals surface area (Å²) in [5.41, 5.74) is -0.599. The Balaban J connectivity index is 4.06. The number of carboxylic acids is 1. The van der Waals surface area contributed by atoms with Gasteiger partial charge in [0.05, 0.1) is 0 Å². The van der Waals surface area contributed by atoms with E-state index in [1.165, 1.54) is 0 Å². The summed E-state index contributed by atoms with van der Waals surface area (Å²) < 4.78 is 5.00. The minimum absolute atomic E-state index is 0.00422. The zero-order valence-electron chi connectivity index (χ0n) is 12.6. The second-order valence-electron chi connectivity index (χ2n) is 5.81. The van der Waals surface area contributed by atoms with Crippen LogP contribution in [0.25, 0.3) is 0 Å². The molecule has 20 heavy (non-hydrogen) atoms. The third-order valence-corrected chi connectivity index (χ3v) is 2.27. The molecule has 0 aromatic heterocycles. The molecular weight excluding hydrogens is 264 g/mol.